The van der Waals surface area contributed by atoms with Gasteiger partial charge in [-0.1, -0.05) is 18.2 Å². The molecule has 2 aromatic carbocycles. The lowest BCUT2D eigenvalue weighted by atomic mass is 9.98. The molecule has 0 radical (unpaired) electrons. The zero-order chi connectivity index (χ0) is 16.0. The highest BCUT2D eigenvalue weighted by Crippen LogP contribution is 2.45. The maximum absolute atomic E-state index is 12.2. The normalized spacial score (nSPS) is 12.3. The summed E-state index contributed by atoms with van der Waals surface area (Å²) < 4.78 is 3.39. The van der Waals surface area contributed by atoms with E-state index in [4.69, 9.17) is 0 Å². The average Bonchev–Trinajstić information content (AvgIpc) is 2.60. The number of hydrogen-bond acceptors (Lipinski definition) is 4. The lowest BCUT2D eigenvalue weighted by Crippen LogP contribution is -2.21. The first-order valence-electron chi connectivity index (χ1n) is 7.32. The molecule has 0 bridgehead atoms. The first kappa shape index (κ1) is 14.1. The summed E-state index contributed by atoms with van der Waals surface area (Å²) in [5.74, 6) is 0.0109. The zero-order valence-electron chi connectivity index (χ0n) is 12.8. The number of carbonyl (C=O) groups is 1. The molecule has 0 unspecified atom stereocenters. The molecular formula is C18H15N3OS. The molecule has 23 heavy (non-hydrogen) atoms. The minimum absolute atomic E-state index is 0.0109. The molecule has 2 heterocycles. The SMILES string of the molecule is CN(C)C(=O)c1ccc2c(c1)-c1ccc3cccnc3c1NS2. The fraction of sp³-hybridized carbons (Fsp3) is 0.111. The molecule has 0 saturated carbocycles. The van der Waals surface area contributed by atoms with Crippen LogP contribution in [0.5, 0.6) is 0 Å². The van der Waals surface area contributed by atoms with Gasteiger partial charge in [-0.25, -0.2) is 0 Å². The Morgan fingerprint density at radius 3 is 2.83 bits per heavy atom. The van der Waals surface area contributed by atoms with Crippen molar-refractivity contribution in [3.8, 4) is 11.1 Å². The van der Waals surface area contributed by atoms with Gasteiger partial charge < -0.3 is 9.62 Å². The standard InChI is InChI=1S/C18H15N3OS/c1-21(2)18(22)12-6-8-15-14(10-12)13-7-5-11-4-3-9-19-16(11)17(13)20-23-15/h3-10,20H,1-2H3. The Bertz CT molecular complexity index is 937. The van der Waals surface area contributed by atoms with E-state index >= 15 is 0 Å². The van der Waals surface area contributed by atoms with Gasteiger partial charge in [0.25, 0.3) is 5.91 Å². The summed E-state index contributed by atoms with van der Waals surface area (Å²) in [5, 5.41) is 1.10. The monoisotopic (exact) mass is 321 g/mol. The molecule has 4 nitrogen and oxygen atoms in total. The second-order valence-corrected chi connectivity index (χ2v) is 6.53. The van der Waals surface area contributed by atoms with E-state index in [9.17, 15) is 4.79 Å². The Morgan fingerprint density at radius 2 is 2.00 bits per heavy atom. The highest BCUT2D eigenvalue weighted by atomic mass is 32.2. The van der Waals surface area contributed by atoms with Crippen LogP contribution < -0.4 is 4.72 Å². The summed E-state index contributed by atoms with van der Waals surface area (Å²) in [6.07, 6.45) is 1.80. The van der Waals surface area contributed by atoms with E-state index in [2.05, 4.69) is 27.9 Å². The van der Waals surface area contributed by atoms with Gasteiger partial charge in [-0.05, 0) is 41.8 Å². The third kappa shape index (κ3) is 2.24. The Hall–Kier alpha value is -2.53. The number of pyridine rings is 1. The number of amides is 1. The van der Waals surface area contributed by atoms with Gasteiger partial charge in [0, 0.05) is 41.7 Å². The number of fused-ring (bicyclic) bond motifs is 5. The predicted molar refractivity (Wildman–Crippen MR) is 94.7 cm³/mol. The first-order chi connectivity index (χ1) is 11.1. The molecule has 0 aliphatic carbocycles. The second kappa shape index (κ2) is 5.28. The van der Waals surface area contributed by atoms with Crippen LogP contribution in [0.3, 0.4) is 0 Å². The van der Waals surface area contributed by atoms with E-state index in [1.54, 1.807) is 37.1 Å². The van der Waals surface area contributed by atoms with Crippen LogP contribution in [0.1, 0.15) is 10.4 Å². The van der Waals surface area contributed by atoms with Crippen molar-refractivity contribution in [2.75, 3.05) is 18.8 Å². The van der Waals surface area contributed by atoms with Gasteiger partial charge in [-0.2, -0.15) is 0 Å². The maximum atomic E-state index is 12.2. The molecule has 0 spiro atoms. The van der Waals surface area contributed by atoms with Crippen molar-refractivity contribution in [2.45, 2.75) is 4.90 Å². The first-order valence-corrected chi connectivity index (χ1v) is 8.13. The number of anilines is 1. The molecular weight excluding hydrogens is 306 g/mol. The van der Waals surface area contributed by atoms with Gasteiger partial charge in [0.15, 0.2) is 0 Å². The van der Waals surface area contributed by atoms with Gasteiger partial charge in [-0.15, -0.1) is 0 Å². The summed E-state index contributed by atoms with van der Waals surface area (Å²) in [4.78, 5) is 19.5. The highest BCUT2D eigenvalue weighted by molar-refractivity contribution is 8.00. The molecule has 1 aromatic heterocycles. The molecule has 3 aromatic rings. The number of carbonyl (C=O) groups excluding carboxylic acids is 1. The minimum atomic E-state index is 0.0109. The lowest BCUT2D eigenvalue weighted by molar-refractivity contribution is 0.0827. The Kier molecular flexibility index (Phi) is 3.23. The number of nitrogens with one attached hydrogen (secondary N) is 1. The summed E-state index contributed by atoms with van der Waals surface area (Å²) >= 11 is 1.56. The maximum Gasteiger partial charge on any atom is 0.253 e. The Morgan fingerprint density at radius 1 is 1.13 bits per heavy atom. The van der Waals surface area contributed by atoms with Crippen molar-refractivity contribution in [3.63, 3.8) is 0 Å². The molecule has 1 aliphatic rings. The molecule has 1 N–H and O–H groups in total. The van der Waals surface area contributed by atoms with Crippen molar-refractivity contribution in [1.82, 2.24) is 9.88 Å². The second-order valence-electron chi connectivity index (χ2n) is 5.68. The fourth-order valence-corrected chi connectivity index (χ4v) is 3.63. The van der Waals surface area contributed by atoms with E-state index in [0.717, 1.165) is 32.6 Å². The number of hydrogen-bond donors (Lipinski definition) is 1. The van der Waals surface area contributed by atoms with Crippen molar-refractivity contribution >= 4 is 34.4 Å². The third-order valence-electron chi connectivity index (χ3n) is 3.96. The van der Waals surface area contributed by atoms with Crippen molar-refractivity contribution < 1.29 is 4.79 Å². The topological polar surface area (TPSA) is 45.2 Å². The van der Waals surface area contributed by atoms with Crippen LogP contribution in [-0.4, -0.2) is 29.9 Å². The van der Waals surface area contributed by atoms with Crippen LogP contribution in [0.15, 0.2) is 53.6 Å². The molecule has 4 rings (SSSR count). The number of benzene rings is 2. The summed E-state index contributed by atoms with van der Waals surface area (Å²) in [6.45, 7) is 0. The van der Waals surface area contributed by atoms with Crippen molar-refractivity contribution in [3.05, 3.63) is 54.2 Å². The quantitative estimate of drug-likeness (QED) is 0.687. The van der Waals surface area contributed by atoms with Crippen LogP contribution >= 0.6 is 11.9 Å². The van der Waals surface area contributed by atoms with E-state index in [0.29, 0.717) is 5.56 Å². The highest BCUT2D eigenvalue weighted by Gasteiger charge is 2.21. The van der Waals surface area contributed by atoms with Gasteiger partial charge in [0.05, 0.1) is 11.2 Å². The molecule has 0 saturated heterocycles. The van der Waals surface area contributed by atoms with Gasteiger partial charge >= 0.3 is 0 Å². The lowest BCUT2D eigenvalue weighted by Gasteiger charge is -2.22. The van der Waals surface area contributed by atoms with Gasteiger partial charge in [0.1, 0.15) is 0 Å². The van der Waals surface area contributed by atoms with Crippen molar-refractivity contribution in [1.29, 1.82) is 0 Å². The molecule has 5 heteroatoms. The molecule has 0 fully saturated rings. The summed E-state index contributed by atoms with van der Waals surface area (Å²) in [6, 6.07) is 14.0. The average molecular weight is 321 g/mol. The molecule has 0 atom stereocenters. The van der Waals surface area contributed by atoms with Crippen LogP contribution in [0.2, 0.25) is 0 Å². The third-order valence-corrected chi connectivity index (χ3v) is 4.84. The van der Waals surface area contributed by atoms with Crippen LogP contribution in [0.25, 0.3) is 22.0 Å². The molecule has 1 amide bonds. The Balaban J connectivity index is 1.93. The minimum Gasteiger partial charge on any atom is -0.345 e. The van der Waals surface area contributed by atoms with Crippen LogP contribution in [0.4, 0.5) is 5.69 Å². The van der Waals surface area contributed by atoms with E-state index in [1.807, 2.05) is 24.3 Å². The largest absolute Gasteiger partial charge is 0.345 e. The zero-order valence-corrected chi connectivity index (χ0v) is 13.6. The Labute approximate surface area is 138 Å². The molecule has 1 aliphatic heterocycles. The van der Waals surface area contributed by atoms with Gasteiger partial charge in [-0.3, -0.25) is 9.78 Å². The van der Waals surface area contributed by atoms with E-state index < -0.39 is 0 Å². The summed E-state index contributed by atoms with van der Waals surface area (Å²) in [5.41, 5.74) is 4.81. The number of aromatic nitrogens is 1. The number of rotatable bonds is 1. The smallest absolute Gasteiger partial charge is 0.253 e. The van der Waals surface area contributed by atoms with E-state index in [1.165, 1.54) is 0 Å². The summed E-state index contributed by atoms with van der Waals surface area (Å²) in [7, 11) is 3.53. The fourth-order valence-electron chi connectivity index (χ4n) is 2.80. The van der Waals surface area contributed by atoms with Crippen molar-refractivity contribution in [2.24, 2.45) is 0 Å². The van der Waals surface area contributed by atoms with Gasteiger partial charge in [0.2, 0.25) is 0 Å². The van der Waals surface area contributed by atoms with Crippen LogP contribution in [-0.2, 0) is 0 Å². The van der Waals surface area contributed by atoms with E-state index in [-0.39, 0.29) is 5.91 Å². The predicted octanol–water partition coefficient (Wildman–Crippen LogP) is 4.04. The number of nitrogens with zero attached hydrogens (tertiary/aromatic N) is 2. The molecule has 114 valence electrons. The van der Waals surface area contributed by atoms with Crippen LogP contribution in [0, 0.1) is 0 Å².